The molecule has 0 aliphatic carbocycles. The Kier molecular flexibility index (Phi) is 2.55. The Hall–Kier alpha value is -0.500. The molecule has 0 saturated carbocycles. The summed E-state index contributed by atoms with van der Waals surface area (Å²) in [6.45, 7) is 1.97. The van der Waals surface area contributed by atoms with E-state index in [1.807, 2.05) is 26.2 Å². The lowest BCUT2D eigenvalue weighted by molar-refractivity contribution is 0.756. The first-order valence-corrected chi connectivity index (χ1v) is 2.25. The topological polar surface area (TPSA) is 17.8 Å². The molecule has 1 aromatic heterocycles. The highest BCUT2D eigenvalue weighted by atomic mass is 35.5. The molecule has 0 radical (unpaired) electrons. The molecule has 46 valence electrons. The Morgan fingerprint density at radius 1 is 1.62 bits per heavy atom. The zero-order chi connectivity index (χ0) is 5.28. The van der Waals surface area contributed by atoms with Gasteiger partial charge in [-0.15, -0.1) is 12.4 Å². The first kappa shape index (κ1) is 7.50. The Balaban J connectivity index is 0.000000490. The summed E-state index contributed by atoms with van der Waals surface area (Å²) in [5.74, 6) is 0. The zero-order valence-corrected chi connectivity index (χ0v) is 5.77. The fourth-order valence-corrected chi connectivity index (χ4v) is 0.531. The van der Waals surface area contributed by atoms with E-state index >= 15 is 0 Å². The molecule has 0 N–H and O–H groups in total. The molecule has 8 heavy (non-hydrogen) atoms. The van der Waals surface area contributed by atoms with Crippen LogP contribution in [0.15, 0.2) is 12.3 Å². The van der Waals surface area contributed by atoms with Crippen LogP contribution in [0, 0.1) is 6.92 Å². The minimum atomic E-state index is 0. The van der Waals surface area contributed by atoms with Crippen molar-refractivity contribution in [3.63, 3.8) is 0 Å². The van der Waals surface area contributed by atoms with Gasteiger partial charge in [0.05, 0.1) is 5.69 Å². The number of halogens is 1. The van der Waals surface area contributed by atoms with Crippen molar-refractivity contribution in [2.45, 2.75) is 6.92 Å². The van der Waals surface area contributed by atoms with Gasteiger partial charge in [-0.25, -0.2) is 0 Å². The second-order valence-electron chi connectivity index (χ2n) is 1.63. The number of hydrogen-bond donors (Lipinski definition) is 0. The molecular weight excluding hydrogens is 124 g/mol. The zero-order valence-electron chi connectivity index (χ0n) is 4.96. The maximum absolute atomic E-state index is 4.03. The fraction of sp³-hybridized carbons (Fsp3) is 0.400. The highest BCUT2D eigenvalue weighted by Gasteiger charge is 1.81. The van der Waals surface area contributed by atoms with Crippen LogP contribution in [0.4, 0.5) is 0 Å². The average Bonchev–Trinajstić information content (AvgIpc) is 1.87. The first-order chi connectivity index (χ1) is 3.29. The third-order valence-electron chi connectivity index (χ3n) is 0.847. The minimum Gasteiger partial charge on any atom is -0.276 e. The number of nitrogens with zero attached hydrogens (tertiary/aromatic N) is 2. The standard InChI is InChI=1S/C5H8N2.ClH/c1-5-3-4-7(2)6-5;/h3-4H,1-2H3;1H. The van der Waals surface area contributed by atoms with E-state index in [1.54, 1.807) is 4.68 Å². The predicted molar refractivity (Wildman–Crippen MR) is 35.2 cm³/mol. The van der Waals surface area contributed by atoms with Crippen molar-refractivity contribution in [3.8, 4) is 0 Å². The van der Waals surface area contributed by atoms with Crippen molar-refractivity contribution in [2.24, 2.45) is 7.05 Å². The highest BCUT2D eigenvalue weighted by molar-refractivity contribution is 5.85. The number of rotatable bonds is 0. The van der Waals surface area contributed by atoms with Crippen LogP contribution in [0.3, 0.4) is 0 Å². The molecule has 1 heterocycles. The van der Waals surface area contributed by atoms with Gasteiger partial charge in [0.2, 0.25) is 0 Å². The van der Waals surface area contributed by atoms with E-state index in [4.69, 9.17) is 0 Å². The molecule has 0 aromatic carbocycles. The van der Waals surface area contributed by atoms with Crippen LogP contribution in [0.2, 0.25) is 0 Å². The smallest absolute Gasteiger partial charge is 0.0593 e. The van der Waals surface area contributed by atoms with Gasteiger partial charge in [-0.1, -0.05) is 0 Å². The molecule has 0 spiro atoms. The molecular formula is C5H9ClN2. The average molecular weight is 133 g/mol. The SMILES string of the molecule is Cc1ccn(C)n1.Cl. The van der Waals surface area contributed by atoms with Crippen LogP contribution < -0.4 is 0 Å². The maximum atomic E-state index is 4.03. The molecule has 2 nitrogen and oxygen atoms in total. The lowest BCUT2D eigenvalue weighted by atomic mass is 10.5. The van der Waals surface area contributed by atoms with Gasteiger partial charge in [0, 0.05) is 13.2 Å². The normalized spacial score (nSPS) is 8.25. The van der Waals surface area contributed by atoms with E-state index in [-0.39, 0.29) is 12.4 Å². The van der Waals surface area contributed by atoms with E-state index < -0.39 is 0 Å². The number of aryl methyl sites for hydroxylation is 2. The molecule has 1 aromatic rings. The van der Waals surface area contributed by atoms with Gasteiger partial charge in [0.1, 0.15) is 0 Å². The summed E-state index contributed by atoms with van der Waals surface area (Å²) >= 11 is 0. The van der Waals surface area contributed by atoms with Crippen LogP contribution in [-0.2, 0) is 7.05 Å². The van der Waals surface area contributed by atoms with Crippen molar-refractivity contribution in [1.29, 1.82) is 0 Å². The van der Waals surface area contributed by atoms with E-state index in [0.29, 0.717) is 0 Å². The molecule has 0 unspecified atom stereocenters. The largest absolute Gasteiger partial charge is 0.276 e. The van der Waals surface area contributed by atoms with Crippen LogP contribution in [-0.4, -0.2) is 9.78 Å². The lowest BCUT2D eigenvalue weighted by Gasteiger charge is -1.79. The summed E-state index contributed by atoms with van der Waals surface area (Å²) in [5.41, 5.74) is 1.07. The van der Waals surface area contributed by atoms with Gasteiger partial charge < -0.3 is 0 Å². The Morgan fingerprint density at radius 2 is 2.25 bits per heavy atom. The molecule has 1 rings (SSSR count). The van der Waals surface area contributed by atoms with Crippen molar-refractivity contribution in [3.05, 3.63) is 18.0 Å². The van der Waals surface area contributed by atoms with Crippen molar-refractivity contribution in [1.82, 2.24) is 9.78 Å². The van der Waals surface area contributed by atoms with Crippen molar-refractivity contribution in [2.75, 3.05) is 0 Å². The van der Waals surface area contributed by atoms with Crippen LogP contribution in [0.1, 0.15) is 5.69 Å². The second kappa shape index (κ2) is 2.72. The lowest BCUT2D eigenvalue weighted by Crippen LogP contribution is -1.86. The number of aromatic nitrogens is 2. The molecule has 0 saturated heterocycles. The molecule has 0 fully saturated rings. The Labute approximate surface area is 54.9 Å². The third-order valence-corrected chi connectivity index (χ3v) is 0.847. The van der Waals surface area contributed by atoms with Gasteiger partial charge in [0.25, 0.3) is 0 Å². The fourth-order valence-electron chi connectivity index (χ4n) is 0.531. The summed E-state index contributed by atoms with van der Waals surface area (Å²) in [4.78, 5) is 0. The van der Waals surface area contributed by atoms with Gasteiger partial charge in [0.15, 0.2) is 0 Å². The van der Waals surface area contributed by atoms with Gasteiger partial charge in [-0.05, 0) is 13.0 Å². The molecule has 0 aliphatic heterocycles. The molecule has 0 aliphatic rings. The highest BCUT2D eigenvalue weighted by Crippen LogP contribution is 1.86. The van der Waals surface area contributed by atoms with Gasteiger partial charge >= 0.3 is 0 Å². The van der Waals surface area contributed by atoms with Gasteiger partial charge in [-0.3, -0.25) is 4.68 Å². The Morgan fingerprint density at radius 3 is 2.38 bits per heavy atom. The molecule has 3 heteroatoms. The predicted octanol–water partition coefficient (Wildman–Crippen LogP) is 1.15. The summed E-state index contributed by atoms with van der Waals surface area (Å²) in [7, 11) is 1.91. The molecule has 0 bridgehead atoms. The monoisotopic (exact) mass is 132 g/mol. The minimum absolute atomic E-state index is 0. The van der Waals surface area contributed by atoms with Gasteiger partial charge in [-0.2, -0.15) is 5.10 Å². The molecule has 0 amide bonds. The Bertz CT molecular complexity index is 143. The summed E-state index contributed by atoms with van der Waals surface area (Å²) in [6.07, 6.45) is 1.93. The summed E-state index contributed by atoms with van der Waals surface area (Å²) < 4.78 is 1.79. The summed E-state index contributed by atoms with van der Waals surface area (Å²) in [6, 6.07) is 1.97. The van der Waals surface area contributed by atoms with E-state index in [0.717, 1.165) is 5.69 Å². The van der Waals surface area contributed by atoms with Crippen LogP contribution in [0.25, 0.3) is 0 Å². The van der Waals surface area contributed by atoms with Crippen LogP contribution in [0.5, 0.6) is 0 Å². The van der Waals surface area contributed by atoms with E-state index in [1.165, 1.54) is 0 Å². The first-order valence-electron chi connectivity index (χ1n) is 2.25. The number of hydrogen-bond acceptors (Lipinski definition) is 1. The maximum Gasteiger partial charge on any atom is 0.0593 e. The summed E-state index contributed by atoms with van der Waals surface area (Å²) in [5, 5.41) is 4.03. The third kappa shape index (κ3) is 1.54. The van der Waals surface area contributed by atoms with Crippen LogP contribution >= 0.6 is 12.4 Å². The van der Waals surface area contributed by atoms with Crippen molar-refractivity contribution >= 4 is 12.4 Å². The second-order valence-corrected chi connectivity index (χ2v) is 1.63. The van der Waals surface area contributed by atoms with E-state index in [2.05, 4.69) is 5.10 Å². The molecule has 0 atom stereocenters. The van der Waals surface area contributed by atoms with E-state index in [9.17, 15) is 0 Å². The quantitative estimate of drug-likeness (QED) is 0.518. The van der Waals surface area contributed by atoms with Crippen molar-refractivity contribution < 1.29 is 0 Å².